The van der Waals surface area contributed by atoms with E-state index >= 15 is 0 Å². The quantitative estimate of drug-likeness (QED) is 0.234. The number of aryl methyl sites for hydroxylation is 1. The van der Waals surface area contributed by atoms with Gasteiger partial charge in [-0.1, -0.05) is 82.0 Å². The Morgan fingerprint density at radius 1 is 0.893 bits per heavy atom. The van der Waals surface area contributed by atoms with Crippen molar-refractivity contribution in [3.8, 4) is 0 Å². The fourth-order valence-corrected chi connectivity index (χ4v) is 4.38. The van der Waals surface area contributed by atoms with Crippen molar-refractivity contribution in [1.29, 1.82) is 0 Å². The second kappa shape index (κ2) is 18.8. The molecular weight excluding hydrogens is 388 g/mol. The van der Waals surface area contributed by atoms with Crippen LogP contribution < -0.4 is 0 Å². The van der Waals surface area contributed by atoms with E-state index in [1.807, 2.05) is 23.9 Å². The van der Waals surface area contributed by atoms with Gasteiger partial charge in [0.05, 0.1) is 12.7 Å². The van der Waals surface area contributed by atoms with E-state index in [0.717, 1.165) is 36.0 Å². The van der Waals surface area contributed by atoms with Gasteiger partial charge in [0, 0.05) is 17.4 Å². The van der Waals surface area contributed by atoms with Crippen molar-refractivity contribution in [2.75, 3.05) is 24.7 Å². The van der Waals surface area contributed by atoms with Crippen LogP contribution in [0.25, 0.3) is 0 Å². The van der Waals surface area contributed by atoms with Crippen molar-refractivity contribution in [3.63, 3.8) is 0 Å². The van der Waals surface area contributed by atoms with Gasteiger partial charge in [0.1, 0.15) is 0 Å². The lowest BCUT2D eigenvalue weighted by molar-refractivity contribution is 0.0260. The third kappa shape index (κ3) is 14.7. The zero-order valence-electron chi connectivity index (χ0n) is 17.8. The number of benzene rings is 1. The maximum Gasteiger partial charge on any atom is 0.0895 e. The van der Waals surface area contributed by atoms with Crippen molar-refractivity contribution in [1.82, 2.24) is 0 Å². The molecule has 0 fully saturated rings. The van der Waals surface area contributed by atoms with Crippen LogP contribution in [0.1, 0.15) is 83.1 Å². The fraction of sp³-hybridized carbons (Fsp3) is 0.750. The van der Waals surface area contributed by atoms with Gasteiger partial charge in [0.2, 0.25) is 0 Å². The Bertz CT molecular complexity index is 452. The van der Waals surface area contributed by atoms with E-state index in [-0.39, 0.29) is 12.7 Å². The third-order valence-electron chi connectivity index (χ3n) is 5.03. The number of hydrogen-bond acceptors (Lipinski definition) is 3. The predicted octanol–water partition coefficient (Wildman–Crippen LogP) is 7.30. The molecule has 0 bridgehead atoms. The molecule has 0 aliphatic carbocycles. The standard InChI is InChI=1S/C24H41ClO2S/c1-2-3-4-5-6-7-8-11-18-27-24(20-26)21-28-19-12-9-10-13-22-14-16-23(25)17-15-22/h14-17,24,26H,2-13,18-21H2,1H3/t24-/m0/s1. The molecule has 0 amide bonds. The Morgan fingerprint density at radius 2 is 1.54 bits per heavy atom. The smallest absolute Gasteiger partial charge is 0.0895 e. The fourth-order valence-electron chi connectivity index (χ4n) is 3.22. The molecule has 1 N–H and O–H groups in total. The minimum Gasteiger partial charge on any atom is -0.394 e. The summed E-state index contributed by atoms with van der Waals surface area (Å²) in [6.07, 6.45) is 15.4. The topological polar surface area (TPSA) is 29.5 Å². The number of rotatable bonds is 19. The molecule has 1 aromatic carbocycles. The molecule has 0 unspecified atom stereocenters. The van der Waals surface area contributed by atoms with Crippen molar-refractivity contribution in [2.45, 2.75) is 90.1 Å². The van der Waals surface area contributed by atoms with Crippen LogP contribution in [0.4, 0.5) is 0 Å². The lowest BCUT2D eigenvalue weighted by atomic mass is 10.1. The van der Waals surface area contributed by atoms with Crippen LogP contribution >= 0.6 is 23.4 Å². The van der Waals surface area contributed by atoms with E-state index in [1.165, 1.54) is 69.8 Å². The van der Waals surface area contributed by atoms with E-state index in [0.29, 0.717) is 0 Å². The van der Waals surface area contributed by atoms with Gasteiger partial charge in [-0.05, 0) is 49.1 Å². The zero-order chi connectivity index (χ0) is 20.3. The average molecular weight is 429 g/mol. The predicted molar refractivity (Wildman–Crippen MR) is 126 cm³/mol. The largest absolute Gasteiger partial charge is 0.394 e. The van der Waals surface area contributed by atoms with E-state index in [4.69, 9.17) is 16.3 Å². The molecule has 1 aromatic rings. The molecule has 0 radical (unpaired) electrons. The molecule has 1 rings (SSSR count). The average Bonchev–Trinajstić information content (AvgIpc) is 2.71. The van der Waals surface area contributed by atoms with E-state index in [1.54, 1.807) is 0 Å². The summed E-state index contributed by atoms with van der Waals surface area (Å²) in [5, 5.41) is 10.3. The number of halogens is 1. The van der Waals surface area contributed by atoms with Gasteiger partial charge in [-0.3, -0.25) is 0 Å². The highest BCUT2D eigenvalue weighted by Gasteiger charge is 2.07. The summed E-state index contributed by atoms with van der Waals surface area (Å²) in [6.45, 7) is 3.19. The molecule has 1 atom stereocenters. The first-order valence-corrected chi connectivity index (χ1v) is 12.8. The summed E-state index contributed by atoms with van der Waals surface area (Å²) in [7, 11) is 0. The van der Waals surface area contributed by atoms with Crippen LogP contribution in [0.2, 0.25) is 5.02 Å². The lowest BCUT2D eigenvalue weighted by Crippen LogP contribution is -2.21. The van der Waals surface area contributed by atoms with Crippen LogP contribution in [0.3, 0.4) is 0 Å². The van der Waals surface area contributed by atoms with Gasteiger partial charge in [-0.25, -0.2) is 0 Å². The summed E-state index contributed by atoms with van der Waals surface area (Å²) in [5.74, 6) is 2.06. The van der Waals surface area contributed by atoms with Gasteiger partial charge < -0.3 is 9.84 Å². The Kier molecular flexibility index (Phi) is 17.3. The number of ether oxygens (including phenoxy) is 1. The molecule has 0 saturated carbocycles. The highest BCUT2D eigenvalue weighted by molar-refractivity contribution is 7.99. The Labute approximate surface area is 182 Å². The minimum atomic E-state index is 0.00335. The summed E-state index contributed by atoms with van der Waals surface area (Å²) >= 11 is 7.82. The van der Waals surface area contributed by atoms with Gasteiger partial charge >= 0.3 is 0 Å². The first-order valence-electron chi connectivity index (χ1n) is 11.3. The van der Waals surface area contributed by atoms with Crippen molar-refractivity contribution < 1.29 is 9.84 Å². The molecule has 0 aliphatic rings. The highest BCUT2D eigenvalue weighted by Crippen LogP contribution is 2.14. The first-order chi connectivity index (χ1) is 13.8. The van der Waals surface area contributed by atoms with E-state index < -0.39 is 0 Å². The Balaban J connectivity index is 1.89. The summed E-state index contributed by atoms with van der Waals surface area (Å²) in [5.41, 5.74) is 1.37. The van der Waals surface area contributed by atoms with Crippen molar-refractivity contribution in [2.24, 2.45) is 0 Å². The first kappa shape index (κ1) is 25.8. The maximum absolute atomic E-state index is 9.49. The number of thioether (sulfide) groups is 1. The summed E-state index contributed by atoms with van der Waals surface area (Å²) < 4.78 is 5.85. The van der Waals surface area contributed by atoms with Gasteiger partial charge in [0.25, 0.3) is 0 Å². The molecule has 0 aliphatic heterocycles. The molecular formula is C24H41ClO2S. The van der Waals surface area contributed by atoms with Crippen LogP contribution in [0.15, 0.2) is 24.3 Å². The Morgan fingerprint density at radius 3 is 2.21 bits per heavy atom. The molecule has 162 valence electrons. The Hall–Kier alpha value is -0.220. The van der Waals surface area contributed by atoms with Crippen molar-refractivity contribution in [3.05, 3.63) is 34.9 Å². The highest BCUT2D eigenvalue weighted by atomic mass is 35.5. The SMILES string of the molecule is CCCCCCCCCCO[C@@H](CO)CSCCCCCc1ccc(Cl)cc1. The van der Waals surface area contributed by atoms with Crippen LogP contribution in [0.5, 0.6) is 0 Å². The molecule has 0 aromatic heterocycles. The molecule has 4 heteroatoms. The maximum atomic E-state index is 9.49. The monoisotopic (exact) mass is 428 g/mol. The molecule has 2 nitrogen and oxygen atoms in total. The number of hydrogen-bond donors (Lipinski definition) is 1. The van der Waals surface area contributed by atoms with Gasteiger partial charge in [-0.15, -0.1) is 0 Å². The third-order valence-corrected chi connectivity index (χ3v) is 6.46. The number of aliphatic hydroxyl groups excluding tert-OH is 1. The normalized spacial score (nSPS) is 12.4. The van der Waals surface area contributed by atoms with Crippen LogP contribution in [0, 0.1) is 0 Å². The summed E-state index contributed by atoms with van der Waals surface area (Å²) in [6, 6.07) is 8.17. The van der Waals surface area contributed by atoms with Crippen molar-refractivity contribution >= 4 is 23.4 Å². The second-order valence-corrected chi connectivity index (χ2v) is 9.25. The van der Waals surface area contributed by atoms with E-state index in [2.05, 4.69) is 19.1 Å². The van der Waals surface area contributed by atoms with Gasteiger partial charge in [0.15, 0.2) is 0 Å². The molecule has 0 heterocycles. The molecule has 0 spiro atoms. The summed E-state index contributed by atoms with van der Waals surface area (Å²) in [4.78, 5) is 0. The number of unbranched alkanes of at least 4 members (excludes halogenated alkanes) is 9. The zero-order valence-corrected chi connectivity index (χ0v) is 19.4. The molecule has 28 heavy (non-hydrogen) atoms. The van der Waals surface area contributed by atoms with Crippen LogP contribution in [-0.4, -0.2) is 35.9 Å². The second-order valence-electron chi connectivity index (χ2n) is 7.66. The minimum absolute atomic E-state index is 0.00335. The number of aliphatic hydroxyl groups is 1. The molecule has 0 saturated heterocycles. The lowest BCUT2D eigenvalue weighted by Gasteiger charge is -2.15. The van der Waals surface area contributed by atoms with E-state index in [9.17, 15) is 5.11 Å². The van der Waals surface area contributed by atoms with Gasteiger partial charge in [-0.2, -0.15) is 11.8 Å². The van der Waals surface area contributed by atoms with Crippen LogP contribution in [-0.2, 0) is 11.2 Å².